The molecule has 0 aliphatic heterocycles. The average Bonchev–Trinajstić information content (AvgIpc) is 2.98. The van der Waals surface area contributed by atoms with Gasteiger partial charge in [-0.1, -0.05) is 12.8 Å². The highest BCUT2D eigenvalue weighted by molar-refractivity contribution is 14.0. The van der Waals surface area contributed by atoms with Gasteiger partial charge in [-0.2, -0.15) is 5.10 Å². The highest BCUT2D eigenvalue weighted by Crippen LogP contribution is 2.17. The van der Waals surface area contributed by atoms with Crippen LogP contribution in [-0.4, -0.2) is 28.3 Å². The van der Waals surface area contributed by atoms with Crippen LogP contribution in [-0.2, 0) is 13.6 Å². The number of aryl methyl sites for hydroxylation is 1. The molecule has 108 valence electrons. The van der Waals surface area contributed by atoms with E-state index in [9.17, 15) is 0 Å². The Morgan fingerprint density at radius 1 is 1.47 bits per heavy atom. The molecule has 6 heteroatoms. The number of rotatable bonds is 4. The fourth-order valence-corrected chi connectivity index (χ4v) is 2.30. The number of nitrogens with zero attached hydrogens (tertiary/aromatic N) is 3. The summed E-state index contributed by atoms with van der Waals surface area (Å²) >= 11 is 0. The van der Waals surface area contributed by atoms with Crippen LogP contribution < -0.4 is 10.6 Å². The molecule has 0 aromatic carbocycles. The van der Waals surface area contributed by atoms with Crippen LogP contribution in [0.2, 0.25) is 0 Å². The van der Waals surface area contributed by atoms with Crippen molar-refractivity contribution < 1.29 is 0 Å². The van der Waals surface area contributed by atoms with Gasteiger partial charge in [-0.25, -0.2) is 4.99 Å². The van der Waals surface area contributed by atoms with Crippen molar-refractivity contribution in [3.05, 3.63) is 18.0 Å². The van der Waals surface area contributed by atoms with Crippen LogP contribution in [0.3, 0.4) is 0 Å². The number of aliphatic imine (C=N–C) groups is 1. The van der Waals surface area contributed by atoms with Crippen LogP contribution >= 0.6 is 24.0 Å². The molecule has 1 aromatic heterocycles. The van der Waals surface area contributed by atoms with E-state index in [1.807, 2.05) is 24.0 Å². The van der Waals surface area contributed by atoms with Crippen LogP contribution in [0.25, 0.3) is 0 Å². The van der Waals surface area contributed by atoms with E-state index in [1.165, 1.54) is 25.7 Å². The highest BCUT2D eigenvalue weighted by Gasteiger charge is 2.15. The van der Waals surface area contributed by atoms with E-state index in [4.69, 9.17) is 0 Å². The van der Waals surface area contributed by atoms with Crippen molar-refractivity contribution >= 4 is 29.9 Å². The minimum Gasteiger partial charge on any atom is -0.357 e. The van der Waals surface area contributed by atoms with Crippen molar-refractivity contribution in [2.75, 3.05) is 6.54 Å². The molecular weight excluding hydrogens is 353 g/mol. The van der Waals surface area contributed by atoms with Crippen molar-refractivity contribution in [2.24, 2.45) is 12.0 Å². The Morgan fingerprint density at radius 3 is 2.79 bits per heavy atom. The summed E-state index contributed by atoms with van der Waals surface area (Å²) in [6.07, 6.45) is 6.99. The largest absolute Gasteiger partial charge is 0.357 e. The SMILES string of the molecule is CCNC(=NCc1ccnn1C)NC1CCCC1.I. The first-order chi connectivity index (χ1) is 8.79. The maximum absolute atomic E-state index is 4.61. The predicted octanol–water partition coefficient (Wildman–Crippen LogP) is 2.04. The number of nitrogens with one attached hydrogen (secondary N) is 2. The molecule has 0 saturated heterocycles. The monoisotopic (exact) mass is 377 g/mol. The molecule has 1 fully saturated rings. The fourth-order valence-electron chi connectivity index (χ4n) is 2.30. The second-order valence-corrected chi connectivity index (χ2v) is 4.77. The maximum atomic E-state index is 4.61. The summed E-state index contributed by atoms with van der Waals surface area (Å²) in [6, 6.07) is 2.59. The molecule has 0 radical (unpaired) electrons. The molecule has 0 spiro atoms. The summed E-state index contributed by atoms with van der Waals surface area (Å²) in [6.45, 7) is 3.65. The Hall–Kier alpha value is -0.790. The second kappa shape index (κ2) is 8.39. The first-order valence-corrected chi connectivity index (χ1v) is 6.81. The van der Waals surface area contributed by atoms with E-state index >= 15 is 0 Å². The van der Waals surface area contributed by atoms with Crippen LogP contribution in [0.15, 0.2) is 17.3 Å². The molecule has 2 rings (SSSR count). The Kier molecular flexibility index (Phi) is 7.19. The third-order valence-electron chi connectivity index (χ3n) is 3.36. The second-order valence-electron chi connectivity index (χ2n) is 4.77. The Labute approximate surface area is 132 Å². The predicted molar refractivity (Wildman–Crippen MR) is 88.8 cm³/mol. The van der Waals surface area contributed by atoms with Gasteiger partial charge in [0.2, 0.25) is 0 Å². The van der Waals surface area contributed by atoms with E-state index in [0.717, 1.165) is 18.2 Å². The molecule has 0 bridgehead atoms. The Bertz CT molecular complexity index is 395. The van der Waals surface area contributed by atoms with Gasteiger partial charge in [0.15, 0.2) is 5.96 Å². The molecule has 2 N–H and O–H groups in total. The van der Waals surface area contributed by atoms with Crippen molar-refractivity contribution in [2.45, 2.75) is 45.2 Å². The molecule has 0 unspecified atom stereocenters. The smallest absolute Gasteiger partial charge is 0.191 e. The van der Waals surface area contributed by atoms with Crippen molar-refractivity contribution in [3.8, 4) is 0 Å². The molecule has 1 aliphatic rings. The summed E-state index contributed by atoms with van der Waals surface area (Å²) < 4.78 is 1.86. The molecule has 0 atom stereocenters. The summed E-state index contributed by atoms with van der Waals surface area (Å²) in [7, 11) is 1.95. The standard InChI is InChI=1S/C13H23N5.HI/c1-3-14-13(17-11-6-4-5-7-11)15-10-12-8-9-16-18(12)2;/h8-9,11H,3-7,10H2,1-2H3,(H2,14,15,17);1H. The van der Waals surface area contributed by atoms with Gasteiger partial charge in [-0.05, 0) is 25.8 Å². The van der Waals surface area contributed by atoms with Gasteiger partial charge in [0.25, 0.3) is 0 Å². The van der Waals surface area contributed by atoms with Crippen LogP contribution in [0, 0.1) is 0 Å². The first kappa shape index (κ1) is 16.3. The lowest BCUT2D eigenvalue weighted by Crippen LogP contribution is -2.42. The van der Waals surface area contributed by atoms with Gasteiger partial charge >= 0.3 is 0 Å². The van der Waals surface area contributed by atoms with Gasteiger partial charge in [0.05, 0.1) is 12.2 Å². The van der Waals surface area contributed by atoms with Crippen molar-refractivity contribution in [1.29, 1.82) is 0 Å². The summed E-state index contributed by atoms with van der Waals surface area (Å²) in [5.41, 5.74) is 1.12. The molecular formula is C13H24IN5. The molecule has 19 heavy (non-hydrogen) atoms. The van der Waals surface area contributed by atoms with Crippen LogP contribution in [0.4, 0.5) is 0 Å². The lowest BCUT2D eigenvalue weighted by Gasteiger charge is -2.16. The molecule has 1 aromatic rings. The van der Waals surface area contributed by atoms with E-state index in [2.05, 4.69) is 27.6 Å². The van der Waals surface area contributed by atoms with Gasteiger partial charge in [0, 0.05) is 25.8 Å². The van der Waals surface area contributed by atoms with E-state index in [1.54, 1.807) is 0 Å². The Balaban J connectivity index is 0.00000180. The summed E-state index contributed by atoms with van der Waals surface area (Å²) in [5.74, 6) is 0.922. The van der Waals surface area contributed by atoms with Gasteiger partial charge in [-0.3, -0.25) is 4.68 Å². The average molecular weight is 377 g/mol. The zero-order valence-electron chi connectivity index (χ0n) is 11.7. The minimum absolute atomic E-state index is 0. The Morgan fingerprint density at radius 2 is 2.21 bits per heavy atom. The zero-order chi connectivity index (χ0) is 12.8. The van der Waals surface area contributed by atoms with E-state index < -0.39 is 0 Å². The summed E-state index contributed by atoms with van der Waals surface area (Å²) in [4.78, 5) is 4.61. The van der Waals surface area contributed by atoms with Gasteiger partial charge < -0.3 is 10.6 Å². The van der Waals surface area contributed by atoms with Gasteiger partial charge in [-0.15, -0.1) is 24.0 Å². The van der Waals surface area contributed by atoms with Crippen molar-refractivity contribution in [3.63, 3.8) is 0 Å². The van der Waals surface area contributed by atoms with Gasteiger partial charge in [0.1, 0.15) is 0 Å². The number of hydrogen-bond acceptors (Lipinski definition) is 2. The van der Waals surface area contributed by atoms with E-state index in [0.29, 0.717) is 12.6 Å². The topological polar surface area (TPSA) is 54.2 Å². The highest BCUT2D eigenvalue weighted by atomic mass is 127. The first-order valence-electron chi connectivity index (χ1n) is 6.81. The molecule has 0 amide bonds. The third-order valence-corrected chi connectivity index (χ3v) is 3.36. The van der Waals surface area contributed by atoms with Crippen LogP contribution in [0.5, 0.6) is 0 Å². The summed E-state index contributed by atoms with van der Waals surface area (Å²) in [5, 5.41) is 11.0. The lowest BCUT2D eigenvalue weighted by atomic mass is 10.2. The van der Waals surface area contributed by atoms with Crippen LogP contribution in [0.1, 0.15) is 38.3 Å². The lowest BCUT2D eigenvalue weighted by molar-refractivity contribution is 0.612. The molecule has 1 saturated carbocycles. The third kappa shape index (κ3) is 5.00. The minimum atomic E-state index is 0. The quantitative estimate of drug-likeness (QED) is 0.480. The molecule has 5 nitrogen and oxygen atoms in total. The van der Waals surface area contributed by atoms with Crippen molar-refractivity contribution in [1.82, 2.24) is 20.4 Å². The molecule has 1 heterocycles. The molecule has 1 aliphatic carbocycles. The number of hydrogen-bond donors (Lipinski definition) is 2. The number of guanidine groups is 1. The van der Waals surface area contributed by atoms with E-state index in [-0.39, 0.29) is 24.0 Å². The number of aromatic nitrogens is 2. The zero-order valence-corrected chi connectivity index (χ0v) is 14.1. The maximum Gasteiger partial charge on any atom is 0.191 e. The fraction of sp³-hybridized carbons (Fsp3) is 0.692. The number of halogens is 1. The normalized spacial score (nSPS) is 16.2.